The van der Waals surface area contributed by atoms with E-state index in [0.717, 1.165) is 57.9 Å². The number of fused-ring (bicyclic) bond motifs is 1. The van der Waals surface area contributed by atoms with Crippen LogP contribution in [-0.4, -0.2) is 54.9 Å². The lowest BCUT2D eigenvalue weighted by atomic mass is 9.99. The lowest BCUT2D eigenvalue weighted by Gasteiger charge is -2.29. The summed E-state index contributed by atoms with van der Waals surface area (Å²) in [5.74, 6) is 1.90. The van der Waals surface area contributed by atoms with Crippen molar-refractivity contribution < 1.29 is 4.79 Å². The van der Waals surface area contributed by atoms with E-state index in [1.807, 2.05) is 11.9 Å². The Bertz CT molecular complexity index is 895. The van der Waals surface area contributed by atoms with Gasteiger partial charge in [0.15, 0.2) is 5.96 Å². The molecular formula is C26H34N4O. The van der Waals surface area contributed by atoms with Crippen molar-refractivity contribution in [2.75, 3.05) is 33.2 Å². The van der Waals surface area contributed by atoms with Gasteiger partial charge in [-0.15, -0.1) is 0 Å². The third kappa shape index (κ3) is 5.66. The van der Waals surface area contributed by atoms with Gasteiger partial charge in [0.2, 0.25) is 5.91 Å². The average molecular weight is 419 g/mol. The van der Waals surface area contributed by atoms with Crippen LogP contribution in [0.15, 0.2) is 59.6 Å². The van der Waals surface area contributed by atoms with Gasteiger partial charge in [-0.2, -0.15) is 0 Å². The molecule has 5 nitrogen and oxygen atoms in total. The van der Waals surface area contributed by atoms with Crippen molar-refractivity contribution in [2.45, 2.75) is 38.6 Å². The number of likely N-dealkylation sites (tertiary alicyclic amines) is 1. The molecule has 2 aromatic rings. The summed E-state index contributed by atoms with van der Waals surface area (Å²) < 4.78 is 0. The zero-order valence-electron chi connectivity index (χ0n) is 18.6. The third-order valence-corrected chi connectivity index (χ3v) is 6.50. The van der Waals surface area contributed by atoms with Crippen LogP contribution in [0.3, 0.4) is 0 Å². The van der Waals surface area contributed by atoms with Gasteiger partial charge >= 0.3 is 0 Å². The van der Waals surface area contributed by atoms with E-state index in [0.29, 0.717) is 12.3 Å². The van der Waals surface area contributed by atoms with Crippen molar-refractivity contribution in [2.24, 2.45) is 10.9 Å². The lowest BCUT2D eigenvalue weighted by Crippen LogP contribution is -2.41. The summed E-state index contributed by atoms with van der Waals surface area (Å²) in [4.78, 5) is 21.5. The number of nitrogens with zero attached hydrogens (tertiary/aromatic N) is 3. The standard InChI is InChI=1S/C26H34N4O/c1-27-26(30-16-13-22(19-30)18-21-8-3-2-4-9-21)28-15-7-12-25(31)29-17-14-23-10-5-6-11-24(23)20-29/h2-6,8-11,22H,7,12-20H2,1H3,(H,27,28). The maximum absolute atomic E-state index is 12.7. The van der Waals surface area contributed by atoms with Crippen LogP contribution in [0.1, 0.15) is 36.0 Å². The molecule has 1 N–H and O–H groups in total. The number of aliphatic imine (C=N–C) groups is 1. The van der Waals surface area contributed by atoms with Crippen LogP contribution >= 0.6 is 0 Å². The Morgan fingerprint density at radius 3 is 2.61 bits per heavy atom. The molecule has 2 aliphatic rings. The van der Waals surface area contributed by atoms with E-state index < -0.39 is 0 Å². The summed E-state index contributed by atoms with van der Waals surface area (Å²) in [6.07, 6.45) is 4.71. The van der Waals surface area contributed by atoms with Crippen molar-refractivity contribution in [1.82, 2.24) is 15.1 Å². The zero-order valence-corrected chi connectivity index (χ0v) is 18.6. The summed E-state index contributed by atoms with van der Waals surface area (Å²) in [6, 6.07) is 19.2. The first-order chi connectivity index (χ1) is 15.2. The summed E-state index contributed by atoms with van der Waals surface area (Å²) in [5, 5.41) is 3.47. The van der Waals surface area contributed by atoms with Crippen LogP contribution in [0, 0.1) is 5.92 Å². The van der Waals surface area contributed by atoms with Crippen molar-refractivity contribution in [1.29, 1.82) is 0 Å². The first-order valence-electron chi connectivity index (χ1n) is 11.6. The van der Waals surface area contributed by atoms with Gasteiger partial charge in [-0.25, -0.2) is 0 Å². The predicted octanol–water partition coefficient (Wildman–Crippen LogP) is 3.49. The Morgan fingerprint density at radius 2 is 1.81 bits per heavy atom. The Kier molecular flexibility index (Phi) is 7.23. The molecule has 0 radical (unpaired) electrons. The molecular weight excluding hydrogens is 384 g/mol. The Labute approximate surface area is 186 Å². The summed E-state index contributed by atoms with van der Waals surface area (Å²) >= 11 is 0. The number of amides is 1. The molecule has 164 valence electrons. The fourth-order valence-corrected chi connectivity index (χ4v) is 4.78. The zero-order chi connectivity index (χ0) is 21.5. The van der Waals surface area contributed by atoms with E-state index in [1.165, 1.54) is 23.1 Å². The van der Waals surface area contributed by atoms with E-state index in [9.17, 15) is 4.79 Å². The van der Waals surface area contributed by atoms with E-state index in [2.05, 4.69) is 69.8 Å². The van der Waals surface area contributed by atoms with Crippen LogP contribution in [0.4, 0.5) is 0 Å². The van der Waals surface area contributed by atoms with Crippen molar-refractivity contribution in [3.05, 3.63) is 71.3 Å². The molecule has 1 atom stereocenters. The molecule has 2 aliphatic heterocycles. The molecule has 0 spiro atoms. The Hall–Kier alpha value is -2.82. The number of benzene rings is 2. The number of hydrogen-bond donors (Lipinski definition) is 1. The molecule has 1 saturated heterocycles. The fourth-order valence-electron chi connectivity index (χ4n) is 4.78. The highest BCUT2D eigenvalue weighted by Gasteiger charge is 2.25. The SMILES string of the molecule is CN=C(NCCCC(=O)N1CCc2ccccc2C1)N1CCC(Cc2ccccc2)C1. The molecule has 31 heavy (non-hydrogen) atoms. The second-order valence-electron chi connectivity index (χ2n) is 8.70. The van der Waals surface area contributed by atoms with Crippen LogP contribution in [0.5, 0.6) is 0 Å². The van der Waals surface area contributed by atoms with Gasteiger partial charge in [-0.3, -0.25) is 9.79 Å². The summed E-state index contributed by atoms with van der Waals surface area (Å²) in [7, 11) is 1.85. The van der Waals surface area contributed by atoms with Crippen LogP contribution < -0.4 is 5.32 Å². The molecule has 1 amide bonds. The predicted molar refractivity (Wildman–Crippen MR) is 126 cm³/mol. The first kappa shape index (κ1) is 21.4. The minimum absolute atomic E-state index is 0.260. The number of carbonyl (C=O) groups excluding carboxylic acids is 1. The Morgan fingerprint density at radius 1 is 1.03 bits per heavy atom. The van der Waals surface area contributed by atoms with Gasteiger partial charge in [0.25, 0.3) is 0 Å². The van der Waals surface area contributed by atoms with Gasteiger partial charge in [0.1, 0.15) is 0 Å². The quantitative estimate of drug-likeness (QED) is 0.444. The largest absolute Gasteiger partial charge is 0.356 e. The molecule has 4 rings (SSSR count). The van der Waals surface area contributed by atoms with Gasteiger partial charge < -0.3 is 15.1 Å². The molecule has 1 fully saturated rings. The van der Waals surface area contributed by atoms with Crippen molar-refractivity contribution >= 4 is 11.9 Å². The second-order valence-corrected chi connectivity index (χ2v) is 8.70. The smallest absolute Gasteiger partial charge is 0.222 e. The van der Waals surface area contributed by atoms with Crippen LogP contribution in [0.25, 0.3) is 0 Å². The normalized spacial score (nSPS) is 18.7. The minimum atomic E-state index is 0.260. The molecule has 0 aromatic heterocycles. The highest BCUT2D eigenvalue weighted by atomic mass is 16.2. The van der Waals surface area contributed by atoms with E-state index in [4.69, 9.17) is 0 Å². The molecule has 5 heteroatoms. The second kappa shape index (κ2) is 10.5. The molecule has 2 heterocycles. The minimum Gasteiger partial charge on any atom is -0.356 e. The van der Waals surface area contributed by atoms with Gasteiger partial charge in [-0.1, -0.05) is 54.6 Å². The molecule has 2 aromatic carbocycles. The van der Waals surface area contributed by atoms with E-state index >= 15 is 0 Å². The van der Waals surface area contributed by atoms with E-state index in [1.54, 1.807) is 0 Å². The van der Waals surface area contributed by atoms with E-state index in [-0.39, 0.29) is 5.91 Å². The van der Waals surface area contributed by atoms with Gasteiger partial charge in [-0.05, 0) is 48.3 Å². The third-order valence-electron chi connectivity index (χ3n) is 6.50. The fraction of sp³-hybridized carbons (Fsp3) is 0.462. The van der Waals surface area contributed by atoms with Crippen molar-refractivity contribution in [3.8, 4) is 0 Å². The number of rotatable bonds is 6. The maximum atomic E-state index is 12.7. The highest BCUT2D eigenvalue weighted by Crippen LogP contribution is 2.21. The average Bonchev–Trinajstić information content (AvgIpc) is 3.27. The molecule has 0 bridgehead atoms. The summed E-state index contributed by atoms with van der Waals surface area (Å²) in [5.41, 5.74) is 4.09. The van der Waals surface area contributed by atoms with Gasteiger partial charge in [0.05, 0.1) is 0 Å². The Balaban J connectivity index is 1.17. The highest BCUT2D eigenvalue weighted by molar-refractivity contribution is 5.80. The summed E-state index contributed by atoms with van der Waals surface area (Å²) in [6.45, 7) is 4.45. The molecule has 0 aliphatic carbocycles. The first-order valence-corrected chi connectivity index (χ1v) is 11.6. The molecule has 0 saturated carbocycles. The topological polar surface area (TPSA) is 47.9 Å². The number of nitrogens with one attached hydrogen (secondary N) is 1. The van der Waals surface area contributed by atoms with Gasteiger partial charge in [0, 0.05) is 46.2 Å². The van der Waals surface area contributed by atoms with Crippen LogP contribution in [-0.2, 0) is 24.2 Å². The monoisotopic (exact) mass is 418 g/mol. The number of carbonyl (C=O) groups is 1. The maximum Gasteiger partial charge on any atom is 0.222 e. The molecule has 1 unspecified atom stereocenters. The van der Waals surface area contributed by atoms with Crippen LogP contribution in [0.2, 0.25) is 0 Å². The number of hydrogen-bond acceptors (Lipinski definition) is 2. The van der Waals surface area contributed by atoms with Crippen molar-refractivity contribution in [3.63, 3.8) is 0 Å². The number of guanidine groups is 1. The lowest BCUT2D eigenvalue weighted by molar-refractivity contribution is -0.132.